The molecule has 94 valence electrons. The molecule has 0 aromatic carbocycles. The molecule has 2 heteroatoms. The van der Waals surface area contributed by atoms with Crippen LogP contribution < -0.4 is 5.32 Å². The van der Waals surface area contributed by atoms with Crippen LogP contribution in [0.25, 0.3) is 0 Å². The number of aliphatic hydroxyl groups excluding tert-OH is 1. The van der Waals surface area contributed by atoms with Crippen LogP contribution in [0.1, 0.15) is 64.7 Å². The monoisotopic (exact) mass is 225 g/mol. The van der Waals surface area contributed by atoms with E-state index in [0.29, 0.717) is 12.1 Å². The van der Waals surface area contributed by atoms with Gasteiger partial charge >= 0.3 is 0 Å². The van der Waals surface area contributed by atoms with Gasteiger partial charge in [0.1, 0.15) is 0 Å². The van der Waals surface area contributed by atoms with Crippen molar-refractivity contribution in [1.82, 2.24) is 5.32 Å². The number of aliphatic hydroxyl groups is 1. The molecule has 0 radical (unpaired) electrons. The average molecular weight is 225 g/mol. The maximum Gasteiger partial charge on any atom is 0.0693 e. The van der Waals surface area contributed by atoms with Crippen molar-refractivity contribution in [2.24, 2.45) is 5.92 Å². The Kier molecular flexibility index (Phi) is 4.66. The van der Waals surface area contributed by atoms with Crippen molar-refractivity contribution < 1.29 is 5.11 Å². The van der Waals surface area contributed by atoms with Gasteiger partial charge in [-0.2, -0.15) is 0 Å². The van der Waals surface area contributed by atoms with E-state index in [1.54, 1.807) is 0 Å². The summed E-state index contributed by atoms with van der Waals surface area (Å²) in [5.41, 5.74) is 0. The molecule has 16 heavy (non-hydrogen) atoms. The highest BCUT2D eigenvalue weighted by atomic mass is 16.3. The number of rotatable bonds is 2. The molecule has 2 N–H and O–H groups in total. The molecule has 2 unspecified atom stereocenters. The van der Waals surface area contributed by atoms with Gasteiger partial charge in [-0.15, -0.1) is 0 Å². The molecule has 2 aliphatic rings. The van der Waals surface area contributed by atoms with Gasteiger partial charge in [0.15, 0.2) is 0 Å². The van der Waals surface area contributed by atoms with Crippen LogP contribution in [0.5, 0.6) is 0 Å². The summed E-state index contributed by atoms with van der Waals surface area (Å²) < 4.78 is 0. The average Bonchev–Trinajstić information content (AvgIpc) is 2.48. The molecule has 4 atom stereocenters. The minimum Gasteiger partial charge on any atom is -0.392 e. The maximum absolute atomic E-state index is 9.99. The minimum absolute atomic E-state index is 0.0933. The molecule has 2 rings (SSSR count). The molecular formula is C14H27NO. The van der Waals surface area contributed by atoms with E-state index in [9.17, 15) is 5.11 Å². The van der Waals surface area contributed by atoms with Gasteiger partial charge in [-0.25, -0.2) is 0 Å². The third-order valence-corrected chi connectivity index (χ3v) is 4.52. The fourth-order valence-corrected chi connectivity index (χ4v) is 3.32. The van der Waals surface area contributed by atoms with E-state index in [-0.39, 0.29) is 6.10 Å². The van der Waals surface area contributed by atoms with Gasteiger partial charge < -0.3 is 10.4 Å². The Labute approximate surface area is 99.8 Å². The van der Waals surface area contributed by atoms with E-state index in [0.717, 1.165) is 12.3 Å². The highest BCUT2D eigenvalue weighted by Gasteiger charge is 2.28. The predicted octanol–water partition coefficient (Wildman–Crippen LogP) is 2.85. The van der Waals surface area contributed by atoms with E-state index in [4.69, 9.17) is 0 Å². The Morgan fingerprint density at radius 3 is 2.25 bits per heavy atom. The second-order valence-electron chi connectivity index (χ2n) is 5.85. The molecule has 0 saturated heterocycles. The largest absolute Gasteiger partial charge is 0.392 e. The summed E-state index contributed by atoms with van der Waals surface area (Å²) in [6.07, 6.45) is 11.4. The number of hydrogen-bond acceptors (Lipinski definition) is 2. The highest BCUT2D eigenvalue weighted by Crippen LogP contribution is 2.26. The van der Waals surface area contributed by atoms with E-state index >= 15 is 0 Å². The summed E-state index contributed by atoms with van der Waals surface area (Å²) in [5.74, 6) is 0.789. The summed E-state index contributed by atoms with van der Waals surface area (Å²) in [4.78, 5) is 0. The van der Waals surface area contributed by atoms with Crippen molar-refractivity contribution >= 4 is 0 Å². The third kappa shape index (κ3) is 3.21. The van der Waals surface area contributed by atoms with E-state index < -0.39 is 0 Å². The van der Waals surface area contributed by atoms with Gasteiger partial charge in [0, 0.05) is 12.1 Å². The van der Waals surface area contributed by atoms with Crippen molar-refractivity contribution in [2.45, 2.75) is 82.9 Å². The molecule has 2 aliphatic carbocycles. The second kappa shape index (κ2) is 6.02. The van der Waals surface area contributed by atoms with Crippen molar-refractivity contribution in [1.29, 1.82) is 0 Å². The molecule has 0 amide bonds. The van der Waals surface area contributed by atoms with Crippen LogP contribution in [0.4, 0.5) is 0 Å². The molecule has 0 heterocycles. The summed E-state index contributed by atoms with van der Waals surface area (Å²) in [7, 11) is 0. The van der Waals surface area contributed by atoms with Crippen LogP contribution in [0.2, 0.25) is 0 Å². The van der Waals surface area contributed by atoms with Crippen LogP contribution >= 0.6 is 0 Å². The normalized spacial score (nSPS) is 41.6. The lowest BCUT2D eigenvalue weighted by atomic mass is 9.89. The van der Waals surface area contributed by atoms with Crippen molar-refractivity contribution in [3.63, 3.8) is 0 Å². The fraction of sp³-hybridized carbons (Fsp3) is 1.00. The zero-order valence-corrected chi connectivity index (χ0v) is 10.6. The lowest BCUT2D eigenvalue weighted by Gasteiger charge is -2.34. The first-order valence-corrected chi connectivity index (χ1v) is 7.21. The summed E-state index contributed by atoms with van der Waals surface area (Å²) in [5, 5.41) is 13.7. The predicted molar refractivity (Wildman–Crippen MR) is 67.4 cm³/mol. The molecule has 0 spiro atoms. The lowest BCUT2D eigenvalue weighted by Crippen LogP contribution is -2.49. The van der Waals surface area contributed by atoms with E-state index in [2.05, 4.69) is 12.2 Å². The maximum atomic E-state index is 9.99. The summed E-state index contributed by atoms with van der Waals surface area (Å²) in [6.45, 7) is 2.37. The number of hydrogen-bond donors (Lipinski definition) is 2. The first-order valence-electron chi connectivity index (χ1n) is 7.21. The molecule has 0 aliphatic heterocycles. The molecule has 0 aromatic rings. The first kappa shape index (κ1) is 12.4. The molecule has 2 saturated carbocycles. The van der Waals surface area contributed by atoms with Crippen LogP contribution in [0.3, 0.4) is 0 Å². The van der Waals surface area contributed by atoms with E-state index in [1.165, 1.54) is 51.4 Å². The van der Waals surface area contributed by atoms with Gasteiger partial charge in [0.2, 0.25) is 0 Å². The van der Waals surface area contributed by atoms with E-state index in [1.807, 2.05) is 0 Å². The molecule has 0 aromatic heterocycles. The van der Waals surface area contributed by atoms with Crippen molar-refractivity contribution in [2.75, 3.05) is 0 Å². The standard InChI is InChI=1S/C14H27NO/c1-11-7-3-2-4-8-12(11)15-13-9-5-6-10-14(13)16/h11-16H,2-10H2,1H3/t11?,12?,13-,14-/m0/s1. The van der Waals surface area contributed by atoms with Crippen LogP contribution in [0, 0.1) is 5.92 Å². The molecule has 0 bridgehead atoms. The minimum atomic E-state index is -0.0933. The molecule has 2 nitrogen and oxygen atoms in total. The quantitative estimate of drug-likeness (QED) is 0.708. The van der Waals surface area contributed by atoms with Gasteiger partial charge in [-0.3, -0.25) is 0 Å². The summed E-state index contributed by atoms with van der Waals surface area (Å²) in [6, 6.07) is 1.03. The van der Waals surface area contributed by atoms with Crippen molar-refractivity contribution in [3.8, 4) is 0 Å². The lowest BCUT2D eigenvalue weighted by molar-refractivity contribution is 0.0795. The van der Waals surface area contributed by atoms with Crippen LogP contribution in [-0.4, -0.2) is 23.3 Å². The summed E-state index contributed by atoms with van der Waals surface area (Å²) >= 11 is 0. The third-order valence-electron chi connectivity index (χ3n) is 4.52. The fourth-order valence-electron chi connectivity index (χ4n) is 3.32. The van der Waals surface area contributed by atoms with Gasteiger partial charge in [-0.1, -0.05) is 39.0 Å². The van der Waals surface area contributed by atoms with Gasteiger partial charge in [0.25, 0.3) is 0 Å². The van der Waals surface area contributed by atoms with Gasteiger partial charge in [-0.05, 0) is 31.6 Å². The van der Waals surface area contributed by atoms with Gasteiger partial charge in [0.05, 0.1) is 6.10 Å². The Balaban J connectivity index is 1.86. The zero-order chi connectivity index (χ0) is 11.4. The van der Waals surface area contributed by atoms with Crippen LogP contribution in [0.15, 0.2) is 0 Å². The SMILES string of the molecule is CC1CCCCCC1N[C@H]1CCCC[C@@H]1O. The topological polar surface area (TPSA) is 32.3 Å². The van der Waals surface area contributed by atoms with Crippen LogP contribution in [-0.2, 0) is 0 Å². The van der Waals surface area contributed by atoms with Crippen molar-refractivity contribution in [3.05, 3.63) is 0 Å². The zero-order valence-electron chi connectivity index (χ0n) is 10.6. The smallest absolute Gasteiger partial charge is 0.0693 e. The Morgan fingerprint density at radius 2 is 1.44 bits per heavy atom. The highest BCUT2D eigenvalue weighted by molar-refractivity contribution is 4.86. The Hall–Kier alpha value is -0.0800. The molecule has 2 fully saturated rings. The molecular weight excluding hydrogens is 198 g/mol. The second-order valence-corrected chi connectivity index (χ2v) is 5.85. The first-order chi connectivity index (χ1) is 7.77. The number of nitrogens with one attached hydrogen (secondary N) is 1. The Bertz CT molecular complexity index is 207. The Morgan fingerprint density at radius 1 is 0.812 bits per heavy atom.